The third-order valence-corrected chi connectivity index (χ3v) is 4.65. The summed E-state index contributed by atoms with van der Waals surface area (Å²) in [7, 11) is 0. The second-order valence-electron chi connectivity index (χ2n) is 6.43. The standard InChI is InChI=1S/C19H20N4O2/c1-12-5-2-3-6-13(12)14-11-15(14)19(24)20-9-8-17-21-18(23-22-17)16-7-4-10-25-16/h2-7,10,14-15H,8-9,11H2,1H3,(H,20,24)(H,21,22,23). The van der Waals surface area contributed by atoms with Gasteiger partial charge in [-0.2, -0.15) is 5.10 Å². The Bertz CT molecular complexity index is 869. The number of hydrogen-bond donors (Lipinski definition) is 2. The molecule has 25 heavy (non-hydrogen) atoms. The average molecular weight is 336 g/mol. The number of nitrogens with one attached hydrogen (secondary N) is 2. The Morgan fingerprint density at radius 2 is 2.20 bits per heavy atom. The molecule has 2 aromatic heterocycles. The largest absolute Gasteiger partial charge is 0.461 e. The van der Waals surface area contributed by atoms with Crippen LogP contribution in [0.25, 0.3) is 11.6 Å². The summed E-state index contributed by atoms with van der Waals surface area (Å²) in [5, 5.41) is 10.0. The van der Waals surface area contributed by atoms with Crippen LogP contribution in [-0.2, 0) is 11.2 Å². The normalized spacial score (nSPS) is 18.9. The van der Waals surface area contributed by atoms with Crippen molar-refractivity contribution in [3.63, 3.8) is 0 Å². The van der Waals surface area contributed by atoms with Crippen molar-refractivity contribution < 1.29 is 9.21 Å². The van der Waals surface area contributed by atoms with E-state index in [4.69, 9.17) is 4.42 Å². The fraction of sp³-hybridized carbons (Fsp3) is 0.316. The molecule has 1 saturated carbocycles. The number of carbonyl (C=O) groups is 1. The minimum absolute atomic E-state index is 0.0921. The van der Waals surface area contributed by atoms with Gasteiger partial charge in [-0.25, -0.2) is 4.98 Å². The van der Waals surface area contributed by atoms with Gasteiger partial charge in [-0.05, 0) is 42.5 Å². The number of aromatic nitrogens is 3. The van der Waals surface area contributed by atoms with Crippen LogP contribution in [0.3, 0.4) is 0 Å². The van der Waals surface area contributed by atoms with E-state index in [2.05, 4.69) is 39.6 Å². The van der Waals surface area contributed by atoms with Crippen molar-refractivity contribution in [2.24, 2.45) is 5.92 Å². The number of rotatable bonds is 6. The summed E-state index contributed by atoms with van der Waals surface area (Å²) in [5.74, 6) is 2.47. The first-order valence-corrected chi connectivity index (χ1v) is 8.51. The zero-order chi connectivity index (χ0) is 17.2. The van der Waals surface area contributed by atoms with Gasteiger partial charge in [-0.1, -0.05) is 24.3 Å². The summed E-state index contributed by atoms with van der Waals surface area (Å²) < 4.78 is 5.26. The Hall–Kier alpha value is -2.89. The van der Waals surface area contributed by atoms with E-state index in [0.717, 1.165) is 12.2 Å². The number of amides is 1. The predicted molar refractivity (Wildman–Crippen MR) is 92.8 cm³/mol. The molecule has 2 N–H and O–H groups in total. The molecular weight excluding hydrogens is 316 g/mol. The van der Waals surface area contributed by atoms with Gasteiger partial charge in [0.15, 0.2) is 5.76 Å². The van der Waals surface area contributed by atoms with E-state index in [0.29, 0.717) is 30.5 Å². The Labute approximate surface area is 145 Å². The Morgan fingerprint density at radius 1 is 1.32 bits per heavy atom. The Kier molecular flexibility index (Phi) is 4.09. The van der Waals surface area contributed by atoms with E-state index in [1.807, 2.05) is 18.2 Å². The van der Waals surface area contributed by atoms with Crippen LogP contribution in [-0.4, -0.2) is 27.6 Å². The van der Waals surface area contributed by atoms with Crippen molar-refractivity contribution in [3.05, 3.63) is 59.6 Å². The molecule has 1 amide bonds. The topological polar surface area (TPSA) is 83.8 Å². The second kappa shape index (κ2) is 6.55. The SMILES string of the molecule is Cc1ccccc1C1CC1C(=O)NCCc1nc(-c2ccco2)n[nH]1. The third-order valence-electron chi connectivity index (χ3n) is 4.65. The van der Waals surface area contributed by atoms with Gasteiger partial charge in [0.2, 0.25) is 11.7 Å². The molecular formula is C19H20N4O2. The molecule has 1 fully saturated rings. The van der Waals surface area contributed by atoms with Gasteiger partial charge in [0.05, 0.1) is 6.26 Å². The molecule has 6 nitrogen and oxygen atoms in total. The van der Waals surface area contributed by atoms with E-state index in [1.165, 1.54) is 11.1 Å². The lowest BCUT2D eigenvalue weighted by atomic mass is 10.0. The summed E-state index contributed by atoms with van der Waals surface area (Å²) in [6.45, 7) is 2.64. The summed E-state index contributed by atoms with van der Waals surface area (Å²) in [6.07, 6.45) is 3.13. The van der Waals surface area contributed by atoms with E-state index < -0.39 is 0 Å². The van der Waals surface area contributed by atoms with Crippen LogP contribution >= 0.6 is 0 Å². The maximum absolute atomic E-state index is 12.3. The van der Waals surface area contributed by atoms with Crippen molar-refractivity contribution in [2.45, 2.75) is 25.7 Å². The lowest BCUT2D eigenvalue weighted by molar-refractivity contribution is -0.122. The molecule has 0 spiro atoms. The first-order chi connectivity index (χ1) is 12.2. The summed E-state index contributed by atoms with van der Waals surface area (Å²) in [4.78, 5) is 16.7. The summed E-state index contributed by atoms with van der Waals surface area (Å²) in [6, 6.07) is 11.9. The van der Waals surface area contributed by atoms with Gasteiger partial charge in [0.1, 0.15) is 5.82 Å². The predicted octanol–water partition coefficient (Wildman–Crippen LogP) is 2.84. The fourth-order valence-electron chi connectivity index (χ4n) is 3.19. The molecule has 2 heterocycles. The number of benzene rings is 1. The molecule has 128 valence electrons. The van der Waals surface area contributed by atoms with Crippen LogP contribution < -0.4 is 5.32 Å². The van der Waals surface area contributed by atoms with Crippen molar-refractivity contribution in [2.75, 3.05) is 6.54 Å². The Morgan fingerprint density at radius 3 is 3.00 bits per heavy atom. The van der Waals surface area contributed by atoms with Crippen LogP contribution in [0.1, 0.15) is 29.3 Å². The zero-order valence-corrected chi connectivity index (χ0v) is 14.0. The molecule has 4 rings (SSSR count). The molecule has 2 atom stereocenters. The first-order valence-electron chi connectivity index (χ1n) is 8.51. The molecule has 0 saturated heterocycles. The van der Waals surface area contributed by atoms with E-state index >= 15 is 0 Å². The maximum atomic E-state index is 12.3. The zero-order valence-electron chi connectivity index (χ0n) is 14.0. The number of aryl methyl sites for hydroxylation is 1. The summed E-state index contributed by atoms with van der Waals surface area (Å²) >= 11 is 0. The molecule has 0 radical (unpaired) electrons. The van der Waals surface area contributed by atoms with Crippen molar-refractivity contribution in [3.8, 4) is 11.6 Å². The lowest BCUT2D eigenvalue weighted by Gasteiger charge is -2.06. The molecule has 6 heteroatoms. The van der Waals surface area contributed by atoms with Gasteiger partial charge in [0, 0.05) is 18.9 Å². The molecule has 1 aliphatic carbocycles. The molecule has 2 unspecified atom stereocenters. The van der Waals surface area contributed by atoms with E-state index in [-0.39, 0.29) is 11.8 Å². The summed E-state index contributed by atoms with van der Waals surface area (Å²) in [5.41, 5.74) is 2.55. The number of hydrogen-bond acceptors (Lipinski definition) is 4. The number of nitrogens with zero attached hydrogens (tertiary/aromatic N) is 2. The minimum atomic E-state index is 0.0921. The second-order valence-corrected chi connectivity index (χ2v) is 6.43. The quantitative estimate of drug-likeness (QED) is 0.725. The third kappa shape index (κ3) is 3.33. The number of furan rings is 1. The van der Waals surface area contributed by atoms with Gasteiger partial charge in [-0.15, -0.1) is 0 Å². The van der Waals surface area contributed by atoms with E-state index in [1.54, 1.807) is 12.3 Å². The fourth-order valence-corrected chi connectivity index (χ4v) is 3.19. The van der Waals surface area contributed by atoms with Crippen LogP contribution in [0.2, 0.25) is 0 Å². The maximum Gasteiger partial charge on any atom is 0.223 e. The van der Waals surface area contributed by atoms with E-state index in [9.17, 15) is 4.79 Å². The van der Waals surface area contributed by atoms with Crippen molar-refractivity contribution in [1.82, 2.24) is 20.5 Å². The van der Waals surface area contributed by atoms with Crippen molar-refractivity contribution in [1.29, 1.82) is 0 Å². The van der Waals surface area contributed by atoms with Gasteiger partial charge in [-0.3, -0.25) is 9.89 Å². The van der Waals surface area contributed by atoms with Crippen LogP contribution in [0.5, 0.6) is 0 Å². The smallest absolute Gasteiger partial charge is 0.223 e. The lowest BCUT2D eigenvalue weighted by Crippen LogP contribution is -2.27. The Balaban J connectivity index is 1.27. The molecule has 0 aliphatic heterocycles. The number of H-pyrrole nitrogens is 1. The van der Waals surface area contributed by atoms with Crippen LogP contribution in [0.15, 0.2) is 47.1 Å². The van der Waals surface area contributed by atoms with Gasteiger partial charge >= 0.3 is 0 Å². The highest BCUT2D eigenvalue weighted by Crippen LogP contribution is 2.48. The molecule has 3 aromatic rings. The molecule has 0 bridgehead atoms. The number of aromatic amines is 1. The van der Waals surface area contributed by atoms with Gasteiger partial charge in [0.25, 0.3) is 0 Å². The number of carbonyl (C=O) groups excluding carboxylic acids is 1. The van der Waals surface area contributed by atoms with Crippen molar-refractivity contribution >= 4 is 5.91 Å². The highest BCUT2D eigenvalue weighted by atomic mass is 16.3. The van der Waals surface area contributed by atoms with Gasteiger partial charge < -0.3 is 9.73 Å². The first kappa shape index (κ1) is 15.6. The average Bonchev–Trinajstić information content (AvgIpc) is 3.00. The highest BCUT2D eigenvalue weighted by Gasteiger charge is 2.44. The van der Waals surface area contributed by atoms with Crippen LogP contribution in [0.4, 0.5) is 0 Å². The highest BCUT2D eigenvalue weighted by molar-refractivity contribution is 5.83. The van der Waals surface area contributed by atoms with Crippen LogP contribution in [0, 0.1) is 12.8 Å². The monoisotopic (exact) mass is 336 g/mol. The molecule has 1 aromatic carbocycles. The molecule has 1 aliphatic rings. The minimum Gasteiger partial charge on any atom is -0.461 e.